The van der Waals surface area contributed by atoms with E-state index in [4.69, 9.17) is 0 Å². The van der Waals surface area contributed by atoms with Crippen LogP contribution in [0.1, 0.15) is 30.4 Å². The molecule has 0 aliphatic carbocycles. The third kappa shape index (κ3) is 4.65. The molecule has 0 radical (unpaired) electrons. The zero-order chi connectivity index (χ0) is 14.4. The number of carbonyl (C=O) groups excluding carboxylic acids is 2. The molecule has 104 valence electrons. The Bertz CT molecular complexity index is 453. The van der Waals surface area contributed by atoms with Crippen LogP contribution >= 0.6 is 32.1 Å². The highest BCUT2D eigenvalue weighted by Crippen LogP contribution is 2.23. The Kier molecular flexibility index (Phi) is 6.57. The van der Waals surface area contributed by atoms with Crippen molar-refractivity contribution >= 4 is 43.9 Å². The molecule has 1 aliphatic rings. The van der Waals surface area contributed by atoms with E-state index in [1.165, 1.54) is 6.07 Å². The smallest absolute Gasteiger partial charge is 0.264 e. The topological polar surface area (TPSA) is 37.4 Å². The second-order valence-corrected chi connectivity index (χ2v) is 4.97. The van der Waals surface area contributed by atoms with Crippen molar-refractivity contribution < 1.29 is 18.4 Å². The van der Waals surface area contributed by atoms with Crippen molar-refractivity contribution in [2.45, 2.75) is 24.6 Å². The van der Waals surface area contributed by atoms with Gasteiger partial charge in [-0.05, 0) is 5.56 Å². The summed E-state index contributed by atoms with van der Waals surface area (Å²) in [6.07, 6.45) is -1.67. The Hall–Kier alpha value is -0.820. The summed E-state index contributed by atoms with van der Waals surface area (Å²) in [5.74, 6) is -0.287. The predicted molar refractivity (Wildman–Crippen MR) is 74.0 cm³/mol. The maximum atomic E-state index is 12.2. The molecule has 0 spiro atoms. The summed E-state index contributed by atoms with van der Waals surface area (Å²) >= 11 is 5.95. The lowest BCUT2D eigenvalue weighted by atomic mass is 10.1. The van der Waals surface area contributed by atoms with Gasteiger partial charge in [-0.15, -0.1) is 0 Å². The number of hydrogen-bond donors (Lipinski definition) is 0. The molecule has 0 saturated carbocycles. The number of nitrogens with zero attached hydrogens (tertiary/aromatic N) is 1. The highest BCUT2D eigenvalue weighted by atomic mass is 79.9. The number of alkyl halides is 3. The molecular weight excluding hydrogens is 388 g/mol. The Labute approximate surface area is 126 Å². The molecule has 1 aromatic rings. The van der Waals surface area contributed by atoms with E-state index >= 15 is 0 Å². The van der Waals surface area contributed by atoms with E-state index < -0.39 is 6.43 Å². The minimum absolute atomic E-state index is 0.115. The van der Waals surface area contributed by atoms with Gasteiger partial charge in [0.1, 0.15) is 0 Å². The maximum absolute atomic E-state index is 12.2. The van der Waals surface area contributed by atoms with Gasteiger partial charge in [0.2, 0.25) is 11.8 Å². The molecule has 2 rings (SSSR count). The highest BCUT2D eigenvalue weighted by molar-refractivity contribution is 9.08. The number of halogens is 4. The number of hydrogen-bond acceptors (Lipinski definition) is 2. The van der Waals surface area contributed by atoms with Crippen molar-refractivity contribution in [3.05, 3.63) is 35.4 Å². The summed E-state index contributed by atoms with van der Waals surface area (Å²) in [5.41, 5.74) is 0.770. The molecule has 1 heterocycles. The van der Waals surface area contributed by atoms with Gasteiger partial charge < -0.3 is 0 Å². The first-order chi connectivity index (χ1) is 8.97. The van der Waals surface area contributed by atoms with Crippen LogP contribution in [0.3, 0.4) is 0 Å². The molecule has 0 N–H and O–H groups in total. The summed E-state index contributed by atoms with van der Waals surface area (Å²) in [4.78, 5) is 20.9. The molecule has 1 fully saturated rings. The van der Waals surface area contributed by atoms with E-state index in [1.54, 1.807) is 18.2 Å². The Morgan fingerprint density at radius 2 is 1.68 bits per heavy atom. The number of imide groups is 1. The molecule has 1 aromatic carbocycles. The number of rotatable bonds is 2. The van der Waals surface area contributed by atoms with Gasteiger partial charge in [-0.3, -0.25) is 9.59 Å². The van der Waals surface area contributed by atoms with E-state index in [9.17, 15) is 18.4 Å². The minimum atomic E-state index is -2.37. The van der Waals surface area contributed by atoms with Crippen molar-refractivity contribution in [2.75, 3.05) is 0 Å². The first kappa shape index (κ1) is 16.2. The van der Waals surface area contributed by atoms with Crippen molar-refractivity contribution in [3.8, 4) is 0 Å². The molecule has 2 amide bonds. The van der Waals surface area contributed by atoms with E-state index in [0.717, 1.165) is 3.93 Å². The zero-order valence-electron chi connectivity index (χ0n) is 9.78. The van der Waals surface area contributed by atoms with Crippen LogP contribution in [0.5, 0.6) is 0 Å². The van der Waals surface area contributed by atoms with Crippen molar-refractivity contribution in [1.82, 2.24) is 3.93 Å². The normalized spacial score (nSPS) is 14.7. The average Bonchev–Trinajstić information content (AvgIpc) is 2.70. The van der Waals surface area contributed by atoms with E-state index in [1.807, 2.05) is 0 Å². The summed E-state index contributed by atoms with van der Waals surface area (Å²) < 4.78 is 25.4. The molecular formula is C12H11Br2F2NO2. The molecule has 1 aliphatic heterocycles. The fraction of sp³-hybridized carbons (Fsp3) is 0.333. The first-order valence-electron chi connectivity index (χ1n) is 5.40. The molecule has 3 nitrogen and oxygen atoms in total. The van der Waals surface area contributed by atoms with Gasteiger partial charge in [0.05, 0.1) is 16.1 Å². The maximum Gasteiger partial charge on any atom is 0.264 e. The Morgan fingerprint density at radius 3 is 2.00 bits per heavy atom. The van der Waals surface area contributed by atoms with Crippen LogP contribution in [0.25, 0.3) is 0 Å². The number of benzene rings is 1. The van der Waals surface area contributed by atoms with Crippen LogP contribution in [0.15, 0.2) is 24.3 Å². The molecule has 0 unspecified atom stereocenters. The third-order valence-electron chi connectivity index (χ3n) is 2.42. The lowest BCUT2D eigenvalue weighted by Gasteiger charge is -2.03. The molecule has 1 saturated heterocycles. The summed E-state index contributed by atoms with van der Waals surface area (Å²) in [6.45, 7) is 0. The standard InChI is InChI=1S/C8H7BrF2.C4H4BrNO2/c9-5-6-3-1-2-4-7(6)8(10)11;5-6-3(7)1-2-4(6)8/h1-4,8H,5H2;1-2H2. The van der Waals surface area contributed by atoms with Gasteiger partial charge in [0, 0.05) is 23.7 Å². The van der Waals surface area contributed by atoms with E-state index in [-0.39, 0.29) is 17.4 Å². The number of amides is 2. The van der Waals surface area contributed by atoms with Crippen LogP contribution < -0.4 is 0 Å². The summed E-state index contributed by atoms with van der Waals surface area (Å²) in [7, 11) is 0. The fourth-order valence-corrected chi connectivity index (χ4v) is 2.28. The van der Waals surface area contributed by atoms with Gasteiger partial charge >= 0.3 is 0 Å². The molecule has 0 aromatic heterocycles. The minimum Gasteiger partial charge on any atom is -0.274 e. The fourth-order valence-electron chi connectivity index (χ4n) is 1.42. The van der Waals surface area contributed by atoms with Gasteiger partial charge in [-0.1, -0.05) is 40.2 Å². The Morgan fingerprint density at radius 1 is 1.16 bits per heavy atom. The van der Waals surface area contributed by atoms with Gasteiger partial charge in [0.15, 0.2) is 0 Å². The van der Waals surface area contributed by atoms with E-state index in [2.05, 4.69) is 32.1 Å². The highest BCUT2D eigenvalue weighted by Gasteiger charge is 2.26. The van der Waals surface area contributed by atoms with Crippen LogP contribution in [0, 0.1) is 0 Å². The monoisotopic (exact) mass is 397 g/mol. The lowest BCUT2D eigenvalue weighted by molar-refractivity contribution is -0.131. The SMILES string of the molecule is FC(F)c1ccccc1CBr.O=C1CCC(=O)N1Br. The summed E-state index contributed by atoms with van der Waals surface area (Å²) in [6, 6.07) is 6.51. The first-order valence-corrected chi connectivity index (χ1v) is 7.24. The zero-order valence-corrected chi connectivity index (χ0v) is 13.0. The Balaban J connectivity index is 0.000000200. The van der Waals surface area contributed by atoms with E-state index in [0.29, 0.717) is 23.7 Å². The molecule has 0 atom stereocenters. The van der Waals surface area contributed by atoms with Gasteiger partial charge in [0.25, 0.3) is 6.43 Å². The van der Waals surface area contributed by atoms with Gasteiger partial charge in [-0.25, -0.2) is 12.7 Å². The van der Waals surface area contributed by atoms with Gasteiger partial charge in [-0.2, -0.15) is 0 Å². The van der Waals surface area contributed by atoms with Crippen LogP contribution in [0.4, 0.5) is 8.78 Å². The van der Waals surface area contributed by atoms with Crippen molar-refractivity contribution in [2.24, 2.45) is 0 Å². The average molecular weight is 399 g/mol. The van der Waals surface area contributed by atoms with Crippen LogP contribution in [-0.2, 0) is 14.9 Å². The third-order valence-corrected chi connectivity index (χ3v) is 3.82. The molecule has 7 heteroatoms. The van der Waals surface area contributed by atoms with Crippen molar-refractivity contribution in [1.29, 1.82) is 0 Å². The second kappa shape index (κ2) is 7.69. The molecule has 0 bridgehead atoms. The lowest BCUT2D eigenvalue weighted by Crippen LogP contribution is -2.16. The van der Waals surface area contributed by atoms with Crippen molar-refractivity contribution in [3.63, 3.8) is 0 Å². The number of carbonyl (C=O) groups is 2. The van der Waals surface area contributed by atoms with Crippen LogP contribution in [0.2, 0.25) is 0 Å². The predicted octanol–water partition coefficient (Wildman–Crippen LogP) is 3.96. The summed E-state index contributed by atoms with van der Waals surface area (Å²) in [5, 5.41) is 0.480. The largest absolute Gasteiger partial charge is 0.274 e. The molecule has 19 heavy (non-hydrogen) atoms. The van der Waals surface area contributed by atoms with Crippen LogP contribution in [-0.4, -0.2) is 15.7 Å². The quantitative estimate of drug-likeness (QED) is 0.429. The second-order valence-electron chi connectivity index (χ2n) is 3.70.